The van der Waals surface area contributed by atoms with Crippen LogP contribution in [0.25, 0.3) is 16.3 Å². The summed E-state index contributed by atoms with van der Waals surface area (Å²) in [5, 5.41) is 8.44. The van der Waals surface area contributed by atoms with Crippen molar-refractivity contribution in [3.8, 4) is 16.3 Å². The van der Waals surface area contributed by atoms with Crippen LogP contribution in [0.4, 0.5) is 5.82 Å². The molecule has 0 bridgehead atoms. The van der Waals surface area contributed by atoms with Crippen LogP contribution in [0.1, 0.15) is 30.9 Å². The largest absolute Gasteiger partial charge is 0.369 e. The highest BCUT2D eigenvalue weighted by Crippen LogP contribution is 2.39. The molecular formula is C18H18ClN3S. The van der Waals surface area contributed by atoms with E-state index >= 15 is 0 Å². The number of hydrogen-bond donors (Lipinski definition) is 1. The minimum Gasteiger partial charge on any atom is -0.369 e. The van der Waals surface area contributed by atoms with Crippen LogP contribution < -0.4 is 5.32 Å². The normalized spacial score (nSPS) is 13.4. The summed E-state index contributed by atoms with van der Waals surface area (Å²) in [4.78, 5) is 1.13. The fraction of sp³-hybridized carbons (Fsp3) is 0.278. The van der Waals surface area contributed by atoms with E-state index in [2.05, 4.69) is 54.2 Å². The van der Waals surface area contributed by atoms with Crippen LogP contribution in [-0.4, -0.2) is 16.3 Å². The number of aromatic nitrogens is 2. The lowest BCUT2D eigenvalue weighted by Gasteiger charge is -2.14. The van der Waals surface area contributed by atoms with Crippen LogP contribution in [0.2, 0.25) is 4.34 Å². The first-order valence-electron chi connectivity index (χ1n) is 7.86. The molecule has 0 fully saturated rings. The fourth-order valence-electron chi connectivity index (χ4n) is 3.16. The molecule has 0 radical (unpaired) electrons. The number of halogens is 1. The van der Waals surface area contributed by atoms with Crippen molar-refractivity contribution in [3.05, 3.63) is 51.9 Å². The van der Waals surface area contributed by atoms with Gasteiger partial charge in [0.2, 0.25) is 0 Å². The van der Waals surface area contributed by atoms with Crippen LogP contribution >= 0.6 is 22.9 Å². The number of para-hydroxylation sites is 1. The lowest BCUT2D eigenvalue weighted by Crippen LogP contribution is -2.07. The van der Waals surface area contributed by atoms with E-state index in [1.807, 2.05) is 6.07 Å². The third-order valence-electron chi connectivity index (χ3n) is 4.24. The Morgan fingerprint density at radius 3 is 2.78 bits per heavy atom. The molecule has 0 aliphatic carbocycles. The van der Waals surface area contributed by atoms with Gasteiger partial charge in [-0.1, -0.05) is 43.6 Å². The predicted octanol–water partition coefficient (Wildman–Crippen LogP) is 5.35. The number of thiophene rings is 1. The summed E-state index contributed by atoms with van der Waals surface area (Å²) < 4.78 is 2.87. The van der Waals surface area contributed by atoms with Gasteiger partial charge in [-0.05, 0) is 36.1 Å². The first kappa shape index (κ1) is 14.8. The molecule has 23 heavy (non-hydrogen) atoms. The monoisotopic (exact) mass is 343 g/mol. The molecule has 0 amide bonds. The summed E-state index contributed by atoms with van der Waals surface area (Å²) in [5.41, 5.74) is 4.81. The van der Waals surface area contributed by atoms with Crippen molar-refractivity contribution < 1.29 is 0 Å². The van der Waals surface area contributed by atoms with E-state index in [4.69, 9.17) is 16.7 Å². The second-order valence-electron chi connectivity index (χ2n) is 6.08. The van der Waals surface area contributed by atoms with Gasteiger partial charge in [-0.3, -0.25) is 0 Å². The topological polar surface area (TPSA) is 29.9 Å². The Labute approximate surface area is 144 Å². The molecule has 0 saturated carbocycles. The molecule has 3 nitrogen and oxygen atoms in total. The minimum atomic E-state index is 0.451. The first-order valence-corrected chi connectivity index (χ1v) is 9.05. The SMILES string of the molecule is CC(C)c1ccccc1-n1nc(-c2ccc(Cl)s2)c2c1NCC2. The number of rotatable bonds is 3. The Morgan fingerprint density at radius 2 is 2.04 bits per heavy atom. The smallest absolute Gasteiger partial charge is 0.133 e. The fourth-order valence-corrected chi connectivity index (χ4v) is 4.21. The molecule has 2 aromatic heterocycles. The predicted molar refractivity (Wildman–Crippen MR) is 98.2 cm³/mol. The van der Waals surface area contributed by atoms with Gasteiger partial charge in [0.1, 0.15) is 11.5 Å². The van der Waals surface area contributed by atoms with Crippen LogP contribution in [0.15, 0.2) is 36.4 Å². The van der Waals surface area contributed by atoms with Gasteiger partial charge < -0.3 is 5.32 Å². The molecule has 1 N–H and O–H groups in total. The third-order valence-corrected chi connectivity index (χ3v) is 5.48. The van der Waals surface area contributed by atoms with Gasteiger partial charge in [0.25, 0.3) is 0 Å². The molecule has 1 aromatic carbocycles. The van der Waals surface area contributed by atoms with E-state index in [0.29, 0.717) is 5.92 Å². The maximum Gasteiger partial charge on any atom is 0.133 e. The van der Waals surface area contributed by atoms with E-state index in [0.717, 1.165) is 39.4 Å². The Morgan fingerprint density at radius 1 is 1.22 bits per heavy atom. The lowest BCUT2D eigenvalue weighted by molar-refractivity contribution is 0.812. The van der Waals surface area contributed by atoms with Gasteiger partial charge in [-0.25, -0.2) is 4.68 Å². The van der Waals surface area contributed by atoms with Crippen molar-refractivity contribution in [1.29, 1.82) is 0 Å². The number of nitrogens with one attached hydrogen (secondary N) is 1. The standard InChI is InChI=1S/C18H18ClN3S/c1-11(2)12-5-3-4-6-14(12)22-18-13(9-10-20-18)17(21-22)15-7-8-16(19)23-15/h3-8,11,20H,9-10H2,1-2H3. The highest BCUT2D eigenvalue weighted by Gasteiger charge is 2.25. The highest BCUT2D eigenvalue weighted by molar-refractivity contribution is 7.19. The van der Waals surface area contributed by atoms with E-state index < -0.39 is 0 Å². The van der Waals surface area contributed by atoms with Crippen LogP contribution in [0.3, 0.4) is 0 Å². The number of fused-ring (bicyclic) bond motifs is 1. The van der Waals surface area contributed by atoms with Crippen LogP contribution in [-0.2, 0) is 6.42 Å². The van der Waals surface area contributed by atoms with Crippen molar-refractivity contribution in [2.24, 2.45) is 0 Å². The molecule has 0 spiro atoms. The lowest BCUT2D eigenvalue weighted by atomic mass is 10.0. The zero-order chi connectivity index (χ0) is 16.0. The van der Waals surface area contributed by atoms with Crippen molar-refractivity contribution in [3.63, 3.8) is 0 Å². The van der Waals surface area contributed by atoms with E-state index in [1.54, 1.807) is 11.3 Å². The molecule has 0 saturated heterocycles. The average molecular weight is 344 g/mol. The van der Waals surface area contributed by atoms with Gasteiger partial charge >= 0.3 is 0 Å². The Bertz CT molecular complexity index is 863. The summed E-state index contributed by atoms with van der Waals surface area (Å²) in [5.74, 6) is 1.57. The second kappa shape index (κ2) is 5.69. The first-order chi connectivity index (χ1) is 11.1. The van der Waals surface area contributed by atoms with Gasteiger partial charge in [-0.2, -0.15) is 5.10 Å². The number of nitrogens with zero attached hydrogens (tertiary/aromatic N) is 2. The molecule has 3 aromatic rings. The molecule has 0 atom stereocenters. The highest BCUT2D eigenvalue weighted by atomic mass is 35.5. The van der Waals surface area contributed by atoms with Crippen LogP contribution in [0, 0.1) is 0 Å². The Kier molecular flexibility index (Phi) is 3.66. The van der Waals surface area contributed by atoms with Crippen molar-refractivity contribution in [1.82, 2.24) is 9.78 Å². The van der Waals surface area contributed by atoms with Gasteiger partial charge in [0, 0.05) is 12.1 Å². The van der Waals surface area contributed by atoms with Crippen LogP contribution in [0.5, 0.6) is 0 Å². The zero-order valence-electron chi connectivity index (χ0n) is 13.1. The van der Waals surface area contributed by atoms with Gasteiger partial charge in [-0.15, -0.1) is 11.3 Å². The van der Waals surface area contributed by atoms with Crippen molar-refractivity contribution in [2.75, 3.05) is 11.9 Å². The quantitative estimate of drug-likeness (QED) is 0.695. The van der Waals surface area contributed by atoms with Gasteiger partial charge in [0.05, 0.1) is 14.9 Å². The van der Waals surface area contributed by atoms with E-state index in [1.165, 1.54) is 11.1 Å². The Hall–Kier alpha value is -1.78. The van der Waals surface area contributed by atoms with Gasteiger partial charge in [0.15, 0.2) is 0 Å². The molecule has 5 heteroatoms. The summed E-state index contributed by atoms with van der Waals surface area (Å²) in [6, 6.07) is 12.5. The molecule has 118 valence electrons. The zero-order valence-corrected chi connectivity index (χ0v) is 14.7. The molecule has 4 rings (SSSR count). The third kappa shape index (κ3) is 2.46. The number of anilines is 1. The molecule has 0 unspecified atom stereocenters. The molecule has 1 aliphatic heterocycles. The van der Waals surface area contributed by atoms with E-state index in [9.17, 15) is 0 Å². The molecule has 3 heterocycles. The average Bonchev–Trinajstić information content (AvgIpc) is 3.23. The second-order valence-corrected chi connectivity index (χ2v) is 7.80. The van der Waals surface area contributed by atoms with Crippen molar-refractivity contribution in [2.45, 2.75) is 26.2 Å². The Balaban J connectivity index is 1.91. The summed E-state index contributed by atoms with van der Waals surface area (Å²) in [6.07, 6.45) is 1.00. The summed E-state index contributed by atoms with van der Waals surface area (Å²) in [7, 11) is 0. The maximum absolute atomic E-state index is 6.12. The molecule has 1 aliphatic rings. The maximum atomic E-state index is 6.12. The number of benzene rings is 1. The summed E-state index contributed by atoms with van der Waals surface area (Å²) in [6.45, 7) is 5.40. The minimum absolute atomic E-state index is 0.451. The van der Waals surface area contributed by atoms with Crippen molar-refractivity contribution >= 4 is 28.8 Å². The van der Waals surface area contributed by atoms with E-state index in [-0.39, 0.29) is 0 Å². The summed E-state index contributed by atoms with van der Waals surface area (Å²) >= 11 is 7.71. The molecular weight excluding hydrogens is 326 g/mol. The number of hydrogen-bond acceptors (Lipinski definition) is 3.